The number of fused-ring (bicyclic) bond motifs is 1. The molecule has 0 unspecified atom stereocenters. The van der Waals surface area contributed by atoms with Crippen LogP contribution in [-0.4, -0.2) is 12.1 Å². The molecule has 0 radical (unpaired) electrons. The minimum atomic E-state index is -0.621. The number of hydrogen-bond donors (Lipinski definition) is 0. The predicted molar refractivity (Wildman–Crippen MR) is 81.3 cm³/mol. The molecule has 0 aliphatic rings. The average molecular weight is 350 g/mol. The Kier molecular flexibility index (Phi) is 3.59. The van der Waals surface area contributed by atoms with Crippen LogP contribution in [0.2, 0.25) is 0 Å². The number of ether oxygens (including phenoxy) is 1. The topological polar surface area (TPSA) is 22.1 Å². The lowest BCUT2D eigenvalue weighted by Gasteiger charge is -2.11. The first-order chi connectivity index (χ1) is 10.1. The molecule has 21 heavy (non-hydrogen) atoms. The highest BCUT2D eigenvalue weighted by molar-refractivity contribution is 9.10. The van der Waals surface area contributed by atoms with Gasteiger partial charge in [-0.3, -0.25) is 0 Å². The molecule has 0 N–H and O–H groups in total. The fourth-order valence-corrected chi connectivity index (χ4v) is 2.60. The molecule has 0 saturated heterocycles. The molecule has 0 spiro atoms. The third-order valence-electron chi connectivity index (χ3n) is 3.19. The Morgan fingerprint density at radius 1 is 1.05 bits per heavy atom. The SMILES string of the molecule is COc1cc(-c2c(F)cccc2F)c2cc(Br)ccc2n1. The van der Waals surface area contributed by atoms with E-state index >= 15 is 0 Å². The van der Waals surface area contributed by atoms with Crippen LogP contribution in [0.3, 0.4) is 0 Å². The van der Waals surface area contributed by atoms with E-state index in [0.29, 0.717) is 22.3 Å². The minimum absolute atomic E-state index is 0.0821. The summed E-state index contributed by atoms with van der Waals surface area (Å²) in [6.07, 6.45) is 0. The van der Waals surface area contributed by atoms with Gasteiger partial charge in [0, 0.05) is 21.5 Å². The highest BCUT2D eigenvalue weighted by Crippen LogP contribution is 2.35. The number of halogens is 3. The lowest BCUT2D eigenvalue weighted by Crippen LogP contribution is -1.95. The third kappa shape index (κ3) is 2.49. The number of pyridine rings is 1. The van der Waals surface area contributed by atoms with E-state index in [1.165, 1.54) is 31.4 Å². The maximum Gasteiger partial charge on any atom is 0.214 e. The summed E-state index contributed by atoms with van der Waals surface area (Å²) >= 11 is 3.37. The van der Waals surface area contributed by atoms with Crippen LogP contribution >= 0.6 is 15.9 Å². The summed E-state index contributed by atoms with van der Waals surface area (Å²) in [6, 6.07) is 10.7. The molecule has 3 rings (SSSR count). The molecular weight excluding hydrogens is 340 g/mol. The van der Waals surface area contributed by atoms with Crippen molar-refractivity contribution < 1.29 is 13.5 Å². The van der Waals surface area contributed by atoms with Gasteiger partial charge in [-0.25, -0.2) is 13.8 Å². The van der Waals surface area contributed by atoms with Crippen LogP contribution in [0.4, 0.5) is 8.78 Å². The highest BCUT2D eigenvalue weighted by atomic mass is 79.9. The molecule has 5 heteroatoms. The first-order valence-electron chi connectivity index (χ1n) is 6.19. The Labute approximate surface area is 128 Å². The zero-order valence-electron chi connectivity index (χ0n) is 11.0. The van der Waals surface area contributed by atoms with Crippen LogP contribution in [-0.2, 0) is 0 Å². The van der Waals surface area contributed by atoms with Crippen molar-refractivity contribution in [3.05, 3.63) is 58.6 Å². The molecule has 106 valence electrons. The Hall–Kier alpha value is -2.01. The second-order valence-electron chi connectivity index (χ2n) is 4.47. The van der Waals surface area contributed by atoms with Crippen molar-refractivity contribution in [2.45, 2.75) is 0 Å². The molecule has 3 aromatic rings. The monoisotopic (exact) mass is 349 g/mol. The number of aromatic nitrogens is 1. The average Bonchev–Trinajstić information content (AvgIpc) is 2.47. The lowest BCUT2D eigenvalue weighted by atomic mass is 10.00. The van der Waals surface area contributed by atoms with Gasteiger partial charge in [0.05, 0.1) is 18.2 Å². The lowest BCUT2D eigenvalue weighted by molar-refractivity contribution is 0.400. The Morgan fingerprint density at radius 3 is 2.43 bits per heavy atom. The van der Waals surface area contributed by atoms with Gasteiger partial charge in [0.15, 0.2) is 0 Å². The zero-order chi connectivity index (χ0) is 15.0. The van der Waals surface area contributed by atoms with Crippen molar-refractivity contribution >= 4 is 26.8 Å². The second kappa shape index (κ2) is 5.41. The quantitative estimate of drug-likeness (QED) is 0.652. The third-order valence-corrected chi connectivity index (χ3v) is 3.68. The zero-order valence-corrected chi connectivity index (χ0v) is 12.6. The van der Waals surface area contributed by atoms with Crippen molar-refractivity contribution in [1.82, 2.24) is 4.98 Å². The molecule has 0 atom stereocenters. The van der Waals surface area contributed by atoms with Crippen LogP contribution in [0, 0.1) is 11.6 Å². The van der Waals surface area contributed by atoms with Gasteiger partial charge in [0.2, 0.25) is 5.88 Å². The van der Waals surface area contributed by atoms with E-state index < -0.39 is 11.6 Å². The molecule has 0 aliphatic heterocycles. The normalized spacial score (nSPS) is 10.9. The van der Waals surface area contributed by atoms with E-state index in [1.807, 2.05) is 6.07 Å². The molecule has 0 fully saturated rings. The minimum Gasteiger partial charge on any atom is -0.481 e. The van der Waals surface area contributed by atoms with Crippen LogP contribution in [0.15, 0.2) is 46.9 Å². The predicted octanol–water partition coefficient (Wildman–Crippen LogP) is 4.95. The molecule has 0 bridgehead atoms. The molecule has 1 aromatic heterocycles. The number of nitrogens with zero attached hydrogens (tertiary/aromatic N) is 1. The molecule has 0 amide bonds. The van der Waals surface area contributed by atoms with E-state index in [9.17, 15) is 8.78 Å². The fourth-order valence-electron chi connectivity index (χ4n) is 2.24. The second-order valence-corrected chi connectivity index (χ2v) is 5.39. The number of methoxy groups -OCH3 is 1. The summed E-state index contributed by atoms with van der Waals surface area (Å²) in [5.74, 6) is -0.934. The van der Waals surface area contributed by atoms with Gasteiger partial charge < -0.3 is 4.74 Å². The van der Waals surface area contributed by atoms with Crippen molar-refractivity contribution in [2.24, 2.45) is 0 Å². The van der Waals surface area contributed by atoms with Gasteiger partial charge in [-0.15, -0.1) is 0 Å². The molecule has 2 aromatic carbocycles. The van der Waals surface area contributed by atoms with Crippen LogP contribution in [0.5, 0.6) is 5.88 Å². The first-order valence-corrected chi connectivity index (χ1v) is 6.98. The Morgan fingerprint density at radius 2 is 1.76 bits per heavy atom. The van der Waals surface area contributed by atoms with Gasteiger partial charge in [-0.2, -0.15) is 0 Å². The summed E-state index contributed by atoms with van der Waals surface area (Å²) in [7, 11) is 1.47. The summed E-state index contributed by atoms with van der Waals surface area (Å²) in [6.45, 7) is 0. The maximum atomic E-state index is 14.1. The van der Waals surface area contributed by atoms with Crippen molar-refractivity contribution in [3.63, 3.8) is 0 Å². The number of benzene rings is 2. The summed E-state index contributed by atoms with van der Waals surface area (Å²) in [4.78, 5) is 4.29. The maximum absolute atomic E-state index is 14.1. The Bertz CT molecular complexity index is 816. The smallest absolute Gasteiger partial charge is 0.214 e. The van der Waals surface area contributed by atoms with Crippen LogP contribution < -0.4 is 4.74 Å². The van der Waals surface area contributed by atoms with Gasteiger partial charge in [0.25, 0.3) is 0 Å². The van der Waals surface area contributed by atoms with E-state index in [-0.39, 0.29) is 5.56 Å². The van der Waals surface area contributed by atoms with E-state index in [0.717, 1.165) is 4.47 Å². The van der Waals surface area contributed by atoms with Gasteiger partial charge in [-0.1, -0.05) is 22.0 Å². The molecule has 2 nitrogen and oxygen atoms in total. The van der Waals surface area contributed by atoms with Gasteiger partial charge >= 0.3 is 0 Å². The van der Waals surface area contributed by atoms with Gasteiger partial charge in [-0.05, 0) is 30.3 Å². The van der Waals surface area contributed by atoms with E-state index in [1.54, 1.807) is 12.1 Å². The van der Waals surface area contributed by atoms with Crippen LogP contribution in [0.25, 0.3) is 22.0 Å². The summed E-state index contributed by atoms with van der Waals surface area (Å²) in [5.41, 5.74) is 0.935. The Balaban J connectivity index is 2.42. The highest BCUT2D eigenvalue weighted by Gasteiger charge is 2.16. The van der Waals surface area contributed by atoms with E-state index in [4.69, 9.17) is 4.74 Å². The number of hydrogen-bond acceptors (Lipinski definition) is 2. The summed E-state index contributed by atoms with van der Waals surface area (Å²) in [5, 5.41) is 0.647. The van der Waals surface area contributed by atoms with Crippen LogP contribution in [0.1, 0.15) is 0 Å². The van der Waals surface area contributed by atoms with E-state index in [2.05, 4.69) is 20.9 Å². The van der Waals surface area contributed by atoms with Crippen molar-refractivity contribution in [2.75, 3.05) is 7.11 Å². The first kappa shape index (κ1) is 13.9. The number of rotatable bonds is 2. The van der Waals surface area contributed by atoms with Crippen molar-refractivity contribution in [3.8, 4) is 17.0 Å². The molecule has 0 saturated carbocycles. The largest absolute Gasteiger partial charge is 0.481 e. The standard InChI is InChI=1S/C16H10BrF2NO/c1-21-15-8-11(16-12(18)3-2-4-13(16)19)10-7-9(17)5-6-14(10)20-15/h2-8H,1H3. The van der Waals surface area contributed by atoms with Gasteiger partial charge in [0.1, 0.15) is 11.6 Å². The summed E-state index contributed by atoms with van der Waals surface area (Å²) < 4.78 is 34.1. The molecule has 0 aliphatic carbocycles. The van der Waals surface area contributed by atoms with Crippen molar-refractivity contribution in [1.29, 1.82) is 0 Å². The molecular formula is C16H10BrF2NO. The fraction of sp³-hybridized carbons (Fsp3) is 0.0625. The molecule has 1 heterocycles.